The van der Waals surface area contributed by atoms with Crippen molar-refractivity contribution in [1.82, 2.24) is 29.5 Å². The topological polar surface area (TPSA) is 87.4 Å². The van der Waals surface area contributed by atoms with Crippen LogP contribution in [0.15, 0.2) is 12.7 Å². The second-order valence-electron chi connectivity index (χ2n) is 3.12. The first-order valence-corrected chi connectivity index (χ1v) is 5.17. The summed E-state index contributed by atoms with van der Waals surface area (Å²) in [4.78, 5) is 8.31. The molecule has 0 aromatic carbocycles. The van der Waals surface area contributed by atoms with Crippen LogP contribution in [0.1, 0.15) is 18.6 Å². The van der Waals surface area contributed by atoms with Gasteiger partial charge in [0.2, 0.25) is 5.82 Å². The monoisotopic (exact) mass is 237 g/mol. The summed E-state index contributed by atoms with van der Waals surface area (Å²) in [6, 6.07) is 0. The molecule has 2 aromatic heterocycles. The van der Waals surface area contributed by atoms with Gasteiger partial charge in [-0.2, -0.15) is 5.10 Å². The van der Waals surface area contributed by atoms with Crippen molar-refractivity contribution < 1.29 is 0 Å². The molecule has 0 amide bonds. The van der Waals surface area contributed by atoms with E-state index in [0.29, 0.717) is 12.4 Å². The maximum Gasteiger partial charge on any atom is 0.208 e. The Labute approximate surface area is 97.3 Å². The van der Waals surface area contributed by atoms with Crippen molar-refractivity contribution in [3.8, 4) is 0 Å². The van der Waals surface area contributed by atoms with Crippen LogP contribution in [-0.4, -0.2) is 34.5 Å². The number of aromatic nitrogens is 6. The molecule has 0 aliphatic carbocycles. The van der Waals surface area contributed by atoms with Crippen LogP contribution < -0.4 is 5.73 Å². The fraction of sp³-hybridized carbons (Fsp3) is 0.375. The van der Waals surface area contributed by atoms with Gasteiger partial charge in [0.15, 0.2) is 0 Å². The zero-order chi connectivity index (χ0) is 11.5. The molecule has 0 atom stereocenters. The van der Waals surface area contributed by atoms with Crippen molar-refractivity contribution in [1.29, 1.82) is 0 Å². The van der Waals surface area contributed by atoms with Gasteiger partial charge in [-0.1, -0.05) is 12.2 Å². The average Bonchev–Trinajstić information content (AvgIpc) is 2.87. The molecule has 0 saturated heterocycles. The summed E-state index contributed by atoms with van der Waals surface area (Å²) in [5.41, 5.74) is 5.42. The molecule has 16 heavy (non-hydrogen) atoms. The largest absolute Gasteiger partial charge is 0.387 e. The second-order valence-corrected chi connectivity index (χ2v) is 3.56. The molecule has 0 fully saturated rings. The molecule has 7 nitrogen and oxygen atoms in total. The lowest BCUT2D eigenvalue weighted by atomic mass is 10.6. The van der Waals surface area contributed by atoms with E-state index in [1.165, 1.54) is 6.33 Å². The molecule has 84 valence electrons. The fourth-order valence-corrected chi connectivity index (χ4v) is 1.40. The highest BCUT2D eigenvalue weighted by Crippen LogP contribution is 1.98. The van der Waals surface area contributed by atoms with Gasteiger partial charge in [0.05, 0.1) is 0 Å². The number of nitrogens with zero attached hydrogens (tertiary/aromatic N) is 6. The fourth-order valence-electron chi connectivity index (χ4n) is 1.30. The van der Waals surface area contributed by atoms with Gasteiger partial charge in [-0.15, -0.1) is 5.10 Å². The summed E-state index contributed by atoms with van der Waals surface area (Å²) in [6.45, 7) is 3.27. The van der Waals surface area contributed by atoms with Crippen molar-refractivity contribution in [2.24, 2.45) is 5.73 Å². The summed E-state index contributed by atoms with van der Waals surface area (Å²) in [5.74, 6) is 1.19. The van der Waals surface area contributed by atoms with Crippen LogP contribution in [0.3, 0.4) is 0 Å². The predicted molar refractivity (Wildman–Crippen MR) is 60.7 cm³/mol. The van der Waals surface area contributed by atoms with E-state index < -0.39 is 0 Å². The van der Waals surface area contributed by atoms with E-state index in [-0.39, 0.29) is 4.99 Å². The number of nitrogens with two attached hydrogens (primary N) is 1. The highest BCUT2D eigenvalue weighted by atomic mass is 32.1. The molecule has 0 aliphatic rings. The van der Waals surface area contributed by atoms with E-state index in [9.17, 15) is 0 Å². The molecule has 0 radical (unpaired) electrons. The third-order valence-electron chi connectivity index (χ3n) is 2.06. The van der Waals surface area contributed by atoms with E-state index >= 15 is 0 Å². The maximum atomic E-state index is 5.42. The Hall–Kier alpha value is -1.83. The van der Waals surface area contributed by atoms with Crippen LogP contribution in [0.4, 0.5) is 0 Å². The number of aryl methyl sites for hydroxylation is 1. The van der Waals surface area contributed by atoms with Gasteiger partial charge in [-0.25, -0.2) is 19.3 Å². The van der Waals surface area contributed by atoms with Crippen molar-refractivity contribution in [3.05, 3.63) is 24.3 Å². The lowest BCUT2D eigenvalue weighted by Crippen LogP contribution is -2.13. The zero-order valence-corrected chi connectivity index (χ0v) is 9.55. The van der Waals surface area contributed by atoms with Gasteiger partial charge in [-0.05, 0) is 6.92 Å². The Morgan fingerprint density at radius 2 is 2.31 bits per heavy atom. The van der Waals surface area contributed by atoms with Crippen LogP contribution in [0.2, 0.25) is 0 Å². The van der Waals surface area contributed by atoms with Gasteiger partial charge < -0.3 is 5.73 Å². The minimum Gasteiger partial charge on any atom is -0.387 e. The van der Waals surface area contributed by atoms with Gasteiger partial charge in [0.25, 0.3) is 0 Å². The highest BCUT2D eigenvalue weighted by Gasteiger charge is 2.07. The van der Waals surface area contributed by atoms with Crippen molar-refractivity contribution in [2.75, 3.05) is 0 Å². The summed E-state index contributed by atoms with van der Waals surface area (Å²) in [5, 5.41) is 8.18. The third-order valence-corrected chi connectivity index (χ3v) is 2.24. The van der Waals surface area contributed by atoms with E-state index in [2.05, 4.69) is 20.2 Å². The van der Waals surface area contributed by atoms with Crippen molar-refractivity contribution in [2.45, 2.75) is 20.0 Å². The number of hydrogen-bond acceptors (Lipinski definition) is 5. The molecule has 2 N–H and O–H groups in total. The van der Waals surface area contributed by atoms with Crippen molar-refractivity contribution in [3.63, 3.8) is 0 Å². The molecule has 8 heteroatoms. The molecule has 0 aliphatic heterocycles. The summed E-state index contributed by atoms with van der Waals surface area (Å²) in [7, 11) is 0. The maximum absolute atomic E-state index is 5.42. The predicted octanol–water partition coefficient (Wildman–Crippen LogP) is -0.428. The summed E-state index contributed by atoms with van der Waals surface area (Å²) in [6.07, 6.45) is 3.09. The highest BCUT2D eigenvalue weighted by molar-refractivity contribution is 7.80. The molecule has 0 spiro atoms. The van der Waals surface area contributed by atoms with Gasteiger partial charge in [0.1, 0.15) is 30.0 Å². The van der Waals surface area contributed by atoms with Crippen LogP contribution in [-0.2, 0) is 13.1 Å². The first kappa shape index (κ1) is 10.7. The smallest absolute Gasteiger partial charge is 0.208 e. The van der Waals surface area contributed by atoms with Crippen LogP contribution >= 0.6 is 12.2 Å². The molecule has 0 saturated carbocycles. The molecule has 0 unspecified atom stereocenters. The summed E-state index contributed by atoms with van der Waals surface area (Å²) < 4.78 is 3.42. The van der Waals surface area contributed by atoms with E-state index in [1.54, 1.807) is 15.7 Å². The Bertz CT molecular complexity index is 500. The van der Waals surface area contributed by atoms with Crippen LogP contribution in [0.5, 0.6) is 0 Å². The second kappa shape index (κ2) is 4.35. The van der Waals surface area contributed by atoms with Gasteiger partial charge >= 0.3 is 0 Å². The Kier molecular flexibility index (Phi) is 2.91. The number of hydrogen-bond donors (Lipinski definition) is 1. The Morgan fingerprint density at radius 3 is 2.94 bits per heavy atom. The average molecular weight is 237 g/mol. The zero-order valence-electron chi connectivity index (χ0n) is 8.74. The number of thiocarbonyl (C=S) groups is 1. The SMILES string of the molecule is CCn1ncnc1Cn1cnc(C(N)=S)n1. The van der Waals surface area contributed by atoms with Crippen LogP contribution in [0, 0.1) is 0 Å². The van der Waals surface area contributed by atoms with Gasteiger partial charge in [-0.3, -0.25) is 0 Å². The molecule has 0 bridgehead atoms. The van der Waals surface area contributed by atoms with E-state index in [1.807, 2.05) is 6.92 Å². The molecule has 2 heterocycles. The third kappa shape index (κ3) is 2.06. The van der Waals surface area contributed by atoms with E-state index in [4.69, 9.17) is 18.0 Å². The molecule has 2 rings (SSSR count). The molecule has 2 aromatic rings. The Morgan fingerprint density at radius 1 is 1.50 bits per heavy atom. The normalized spacial score (nSPS) is 10.6. The lowest BCUT2D eigenvalue weighted by Gasteiger charge is -2.01. The van der Waals surface area contributed by atoms with Crippen LogP contribution in [0.25, 0.3) is 0 Å². The first-order valence-electron chi connectivity index (χ1n) is 4.76. The first-order chi connectivity index (χ1) is 7.70. The van der Waals surface area contributed by atoms with Crippen molar-refractivity contribution >= 4 is 17.2 Å². The van der Waals surface area contributed by atoms with Gasteiger partial charge in [0, 0.05) is 6.54 Å². The van der Waals surface area contributed by atoms with E-state index in [0.717, 1.165) is 12.4 Å². The summed E-state index contributed by atoms with van der Waals surface area (Å²) >= 11 is 4.78. The minimum atomic E-state index is 0.190. The minimum absolute atomic E-state index is 0.190. The quantitative estimate of drug-likeness (QED) is 0.726. The molecular formula is C8H11N7S. The Balaban J connectivity index is 2.17. The number of rotatable bonds is 4. The molecular weight excluding hydrogens is 226 g/mol. The standard InChI is InChI=1S/C8H11N7S/c1-2-15-6(10-4-12-15)3-14-5-11-8(13-14)7(9)16/h4-5H,2-3H2,1H3,(H2,9,16). The lowest BCUT2D eigenvalue weighted by molar-refractivity contribution is 0.567.